The first kappa shape index (κ1) is 15.9. The highest BCUT2D eigenvalue weighted by atomic mass is 35.5. The van der Waals surface area contributed by atoms with Crippen molar-refractivity contribution in [3.63, 3.8) is 0 Å². The average molecular weight is 304 g/mol. The predicted octanol–water partition coefficient (Wildman–Crippen LogP) is 3.97. The van der Waals surface area contributed by atoms with E-state index in [1.54, 1.807) is 7.11 Å². The van der Waals surface area contributed by atoms with Crippen molar-refractivity contribution in [1.82, 2.24) is 5.32 Å². The van der Waals surface area contributed by atoms with E-state index in [-0.39, 0.29) is 0 Å². The van der Waals surface area contributed by atoms with E-state index in [2.05, 4.69) is 23.5 Å². The second-order valence-corrected chi connectivity index (χ2v) is 5.68. The molecule has 2 aromatic rings. The molecule has 1 atom stereocenters. The van der Waals surface area contributed by atoms with Crippen molar-refractivity contribution in [3.05, 3.63) is 64.7 Å². The van der Waals surface area contributed by atoms with Crippen LogP contribution in [0.2, 0.25) is 5.02 Å². The lowest BCUT2D eigenvalue weighted by Gasteiger charge is -2.18. The smallest absolute Gasteiger partial charge is 0.119 e. The van der Waals surface area contributed by atoms with Gasteiger partial charge in [0.2, 0.25) is 0 Å². The highest BCUT2D eigenvalue weighted by molar-refractivity contribution is 6.31. The van der Waals surface area contributed by atoms with Crippen LogP contribution in [0.1, 0.15) is 11.1 Å². The van der Waals surface area contributed by atoms with Gasteiger partial charge in [-0.1, -0.05) is 41.9 Å². The van der Waals surface area contributed by atoms with E-state index in [0.717, 1.165) is 30.2 Å². The minimum atomic E-state index is 0.502. The zero-order valence-corrected chi connectivity index (χ0v) is 13.4. The summed E-state index contributed by atoms with van der Waals surface area (Å²) in [5.41, 5.74) is 2.50. The SMILES string of the molecule is CNCC(Cc1cccc(OC)c1)Cc1ccccc1Cl. The number of methoxy groups -OCH3 is 1. The van der Waals surface area contributed by atoms with Gasteiger partial charge in [-0.05, 0) is 61.7 Å². The van der Waals surface area contributed by atoms with Crippen molar-refractivity contribution in [2.45, 2.75) is 12.8 Å². The summed E-state index contributed by atoms with van der Waals surface area (Å²) in [7, 11) is 3.69. The Balaban J connectivity index is 2.10. The molecule has 3 heteroatoms. The number of rotatable bonds is 7. The third kappa shape index (κ3) is 4.76. The van der Waals surface area contributed by atoms with Crippen molar-refractivity contribution in [2.24, 2.45) is 5.92 Å². The molecule has 2 aromatic carbocycles. The normalized spacial score (nSPS) is 12.1. The fourth-order valence-electron chi connectivity index (χ4n) is 2.61. The molecule has 0 aliphatic heterocycles. The van der Waals surface area contributed by atoms with Gasteiger partial charge in [0.1, 0.15) is 5.75 Å². The van der Waals surface area contributed by atoms with Gasteiger partial charge >= 0.3 is 0 Å². The first-order valence-corrected chi connectivity index (χ1v) is 7.61. The van der Waals surface area contributed by atoms with E-state index in [0.29, 0.717) is 5.92 Å². The molecule has 2 rings (SSSR count). The van der Waals surface area contributed by atoms with Gasteiger partial charge in [0.15, 0.2) is 0 Å². The lowest BCUT2D eigenvalue weighted by Crippen LogP contribution is -2.23. The number of hydrogen-bond donors (Lipinski definition) is 1. The summed E-state index contributed by atoms with van der Waals surface area (Å²) >= 11 is 6.28. The number of hydrogen-bond acceptors (Lipinski definition) is 2. The minimum absolute atomic E-state index is 0.502. The Labute approximate surface area is 132 Å². The third-order valence-corrected chi connectivity index (χ3v) is 3.99. The van der Waals surface area contributed by atoms with Crippen molar-refractivity contribution < 1.29 is 4.74 Å². The van der Waals surface area contributed by atoms with Gasteiger partial charge in [-0.2, -0.15) is 0 Å². The number of nitrogens with one attached hydrogen (secondary N) is 1. The van der Waals surface area contributed by atoms with Gasteiger partial charge in [-0.3, -0.25) is 0 Å². The molecule has 0 spiro atoms. The zero-order valence-electron chi connectivity index (χ0n) is 12.6. The van der Waals surface area contributed by atoms with Crippen LogP contribution in [0.3, 0.4) is 0 Å². The van der Waals surface area contributed by atoms with E-state index >= 15 is 0 Å². The number of benzene rings is 2. The molecule has 0 aromatic heterocycles. The van der Waals surface area contributed by atoms with Crippen LogP contribution in [-0.4, -0.2) is 20.7 Å². The number of ether oxygens (including phenoxy) is 1. The molecule has 0 amide bonds. The van der Waals surface area contributed by atoms with Crippen LogP contribution in [0.5, 0.6) is 5.75 Å². The van der Waals surface area contributed by atoms with Crippen molar-refractivity contribution >= 4 is 11.6 Å². The summed E-state index contributed by atoms with van der Waals surface area (Å²) < 4.78 is 5.30. The van der Waals surface area contributed by atoms with Crippen LogP contribution >= 0.6 is 11.6 Å². The average Bonchev–Trinajstić information content (AvgIpc) is 2.50. The van der Waals surface area contributed by atoms with Crippen molar-refractivity contribution in [3.8, 4) is 5.75 Å². The molecule has 0 heterocycles. The maximum Gasteiger partial charge on any atom is 0.119 e. The second kappa shape index (κ2) is 8.06. The zero-order chi connectivity index (χ0) is 15.1. The summed E-state index contributed by atoms with van der Waals surface area (Å²) in [6, 6.07) is 16.4. The molecular weight excluding hydrogens is 282 g/mol. The molecule has 0 bridgehead atoms. The van der Waals surface area contributed by atoms with Gasteiger partial charge in [-0.15, -0.1) is 0 Å². The maximum absolute atomic E-state index is 6.28. The van der Waals surface area contributed by atoms with Crippen molar-refractivity contribution in [1.29, 1.82) is 0 Å². The monoisotopic (exact) mass is 303 g/mol. The molecule has 0 fully saturated rings. The first-order chi connectivity index (χ1) is 10.2. The summed E-state index contributed by atoms with van der Waals surface area (Å²) in [5.74, 6) is 1.41. The Morgan fingerprint density at radius 1 is 1.10 bits per heavy atom. The number of halogens is 1. The van der Waals surface area contributed by atoms with E-state index in [4.69, 9.17) is 16.3 Å². The lowest BCUT2D eigenvalue weighted by molar-refractivity contribution is 0.413. The topological polar surface area (TPSA) is 21.3 Å². The molecule has 0 aliphatic rings. The second-order valence-electron chi connectivity index (χ2n) is 5.27. The van der Waals surface area contributed by atoms with Crippen LogP contribution in [0.15, 0.2) is 48.5 Å². The molecule has 0 saturated carbocycles. The van der Waals surface area contributed by atoms with Gasteiger partial charge in [0.05, 0.1) is 7.11 Å². The maximum atomic E-state index is 6.28. The van der Waals surface area contributed by atoms with Crippen LogP contribution < -0.4 is 10.1 Å². The van der Waals surface area contributed by atoms with E-state index < -0.39 is 0 Å². The van der Waals surface area contributed by atoms with Gasteiger partial charge in [-0.25, -0.2) is 0 Å². The summed E-state index contributed by atoms with van der Waals surface area (Å²) in [6.07, 6.45) is 1.97. The van der Waals surface area contributed by atoms with E-state index in [1.165, 1.54) is 11.1 Å². The Morgan fingerprint density at radius 3 is 2.62 bits per heavy atom. The first-order valence-electron chi connectivity index (χ1n) is 7.24. The highest BCUT2D eigenvalue weighted by Crippen LogP contribution is 2.22. The van der Waals surface area contributed by atoms with Crippen LogP contribution in [-0.2, 0) is 12.8 Å². The Kier molecular flexibility index (Phi) is 6.09. The van der Waals surface area contributed by atoms with Crippen LogP contribution in [0, 0.1) is 5.92 Å². The standard InChI is InChI=1S/C18H22ClNO/c1-20-13-15(11-16-7-3-4-9-18(16)19)10-14-6-5-8-17(12-14)21-2/h3-9,12,15,20H,10-11,13H2,1-2H3. The molecule has 1 N–H and O–H groups in total. The van der Waals surface area contributed by atoms with E-state index in [1.807, 2.05) is 37.4 Å². The molecular formula is C18H22ClNO. The van der Waals surface area contributed by atoms with Crippen LogP contribution in [0.25, 0.3) is 0 Å². The van der Waals surface area contributed by atoms with Gasteiger partial charge in [0.25, 0.3) is 0 Å². The Morgan fingerprint density at radius 2 is 1.90 bits per heavy atom. The largest absolute Gasteiger partial charge is 0.497 e. The lowest BCUT2D eigenvalue weighted by atomic mass is 9.92. The summed E-state index contributed by atoms with van der Waals surface area (Å²) in [6.45, 7) is 0.961. The summed E-state index contributed by atoms with van der Waals surface area (Å²) in [4.78, 5) is 0. The van der Waals surface area contributed by atoms with Gasteiger partial charge in [0, 0.05) is 5.02 Å². The molecule has 0 saturated heterocycles. The van der Waals surface area contributed by atoms with Crippen LogP contribution in [0.4, 0.5) is 0 Å². The Bertz CT molecular complexity index is 571. The molecule has 2 nitrogen and oxygen atoms in total. The fourth-order valence-corrected chi connectivity index (χ4v) is 2.83. The molecule has 112 valence electrons. The minimum Gasteiger partial charge on any atom is -0.497 e. The molecule has 0 radical (unpaired) electrons. The predicted molar refractivity (Wildman–Crippen MR) is 89.3 cm³/mol. The van der Waals surface area contributed by atoms with Crippen molar-refractivity contribution in [2.75, 3.05) is 20.7 Å². The quantitative estimate of drug-likeness (QED) is 0.835. The molecule has 0 aliphatic carbocycles. The van der Waals surface area contributed by atoms with E-state index in [9.17, 15) is 0 Å². The highest BCUT2D eigenvalue weighted by Gasteiger charge is 2.12. The van der Waals surface area contributed by atoms with Gasteiger partial charge < -0.3 is 10.1 Å². The summed E-state index contributed by atoms with van der Waals surface area (Å²) in [5, 5.41) is 4.13. The molecule has 21 heavy (non-hydrogen) atoms. The molecule has 1 unspecified atom stereocenters. The Hall–Kier alpha value is -1.51. The third-order valence-electron chi connectivity index (χ3n) is 3.62. The fraction of sp³-hybridized carbons (Fsp3) is 0.333.